The Bertz CT molecular complexity index is 855. The second-order valence-corrected chi connectivity index (χ2v) is 6.59. The van der Waals surface area contributed by atoms with Crippen LogP contribution in [0.25, 0.3) is 0 Å². The van der Waals surface area contributed by atoms with E-state index < -0.39 is 0 Å². The Balaban J connectivity index is 0.00000210. The van der Waals surface area contributed by atoms with Crippen molar-refractivity contribution in [2.45, 2.75) is 0 Å². The van der Waals surface area contributed by atoms with Crippen LogP contribution in [0.1, 0.15) is 20.7 Å². The molecule has 1 fully saturated rings. The van der Waals surface area contributed by atoms with Crippen LogP contribution in [0.15, 0.2) is 42.5 Å². The molecule has 1 saturated heterocycles. The number of carbonyl (C=O) groups excluding carboxylic acids is 2. The normalized spacial score (nSPS) is 13.7. The third kappa shape index (κ3) is 6.00. The number of carbonyl (C=O) groups is 2. The lowest BCUT2D eigenvalue weighted by Crippen LogP contribution is -2.47. The third-order valence-corrected chi connectivity index (χ3v) is 4.63. The summed E-state index contributed by atoms with van der Waals surface area (Å²) in [6.07, 6.45) is 0. The second kappa shape index (κ2) is 10.9. The van der Waals surface area contributed by atoms with Gasteiger partial charge in [0, 0.05) is 43.0 Å². The fourth-order valence-corrected chi connectivity index (χ4v) is 3.01. The number of methoxy groups -OCH3 is 1. The molecule has 0 unspecified atom stereocenters. The molecule has 9 heteroatoms. The zero-order valence-corrected chi connectivity index (χ0v) is 18.0. The van der Waals surface area contributed by atoms with Crippen molar-refractivity contribution in [3.05, 3.63) is 53.6 Å². The van der Waals surface area contributed by atoms with E-state index in [9.17, 15) is 9.59 Å². The first-order valence-corrected chi connectivity index (χ1v) is 8.80. The molecule has 0 aromatic heterocycles. The smallest absolute Gasteiger partial charge is 0.255 e. The highest BCUT2D eigenvalue weighted by Gasteiger charge is 2.21. The van der Waals surface area contributed by atoms with Crippen molar-refractivity contribution >= 4 is 48.0 Å². The number of hydrogen-bond acceptors (Lipinski definition) is 5. The van der Waals surface area contributed by atoms with Crippen LogP contribution >= 0.6 is 24.8 Å². The monoisotopic (exact) mass is 440 g/mol. The van der Waals surface area contributed by atoms with E-state index in [1.54, 1.807) is 42.5 Å². The van der Waals surface area contributed by atoms with E-state index in [1.807, 2.05) is 11.9 Å². The Labute approximate surface area is 183 Å². The standard InChI is InChI=1S/C20H24N4O3.2ClH/c1-23-8-10-24(11-9-23)20(26)15-6-7-18(27-2)17(13-15)22-19(25)14-4-3-5-16(21)12-14;;/h3-7,12-13H,8-11,21H2,1-2H3,(H,22,25);2*1H. The number of nitrogens with zero attached hydrogens (tertiary/aromatic N) is 2. The van der Waals surface area contributed by atoms with Gasteiger partial charge in [0.05, 0.1) is 12.8 Å². The van der Waals surface area contributed by atoms with Crippen molar-refractivity contribution < 1.29 is 14.3 Å². The Morgan fingerprint density at radius 2 is 1.69 bits per heavy atom. The number of hydrogen-bond donors (Lipinski definition) is 2. The van der Waals surface area contributed by atoms with Crippen LogP contribution in [0.3, 0.4) is 0 Å². The van der Waals surface area contributed by atoms with Gasteiger partial charge < -0.3 is 25.6 Å². The lowest BCUT2D eigenvalue weighted by atomic mass is 10.1. The van der Waals surface area contributed by atoms with E-state index in [-0.39, 0.29) is 36.6 Å². The van der Waals surface area contributed by atoms with Crippen LogP contribution in [-0.2, 0) is 0 Å². The third-order valence-electron chi connectivity index (χ3n) is 4.63. The van der Waals surface area contributed by atoms with Gasteiger partial charge >= 0.3 is 0 Å². The maximum absolute atomic E-state index is 12.8. The van der Waals surface area contributed by atoms with Crippen molar-refractivity contribution in [2.75, 3.05) is 51.4 Å². The molecule has 1 heterocycles. The second-order valence-electron chi connectivity index (χ2n) is 6.59. The average Bonchev–Trinajstić information content (AvgIpc) is 2.68. The molecule has 0 atom stereocenters. The van der Waals surface area contributed by atoms with E-state index >= 15 is 0 Å². The van der Waals surface area contributed by atoms with Gasteiger partial charge in [-0.25, -0.2) is 0 Å². The number of piperazine rings is 1. The number of anilines is 2. The molecule has 2 aromatic rings. The van der Waals surface area contributed by atoms with Crippen molar-refractivity contribution in [3.63, 3.8) is 0 Å². The van der Waals surface area contributed by atoms with Gasteiger partial charge in [-0.3, -0.25) is 9.59 Å². The number of nitrogens with two attached hydrogens (primary N) is 1. The van der Waals surface area contributed by atoms with Gasteiger partial charge in [0.15, 0.2) is 0 Å². The van der Waals surface area contributed by atoms with Gasteiger partial charge in [-0.05, 0) is 43.4 Å². The highest BCUT2D eigenvalue weighted by atomic mass is 35.5. The lowest BCUT2D eigenvalue weighted by Gasteiger charge is -2.32. The van der Waals surface area contributed by atoms with E-state index in [1.165, 1.54) is 7.11 Å². The van der Waals surface area contributed by atoms with Crippen LogP contribution in [0, 0.1) is 0 Å². The van der Waals surface area contributed by atoms with Crippen molar-refractivity contribution in [1.29, 1.82) is 0 Å². The number of amides is 2. The van der Waals surface area contributed by atoms with E-state index in [2.05, 4.69) is 10.2 Å². The minimum Gasteiger partial charge on any atom is -0.495 e. The van der Waals surface area contributed by atoms with Gasteiger partial charge in [0.1, 0.15) is 5.75 Å². The van der Waals surface area contributed by atoms with Crippen molar-refractivity contribution in [1.82, 2.24) is 9.80 Å². The summed E-state index contributed by atoms with van der Waals surface area (Å²) in [5.74, 6) is 0.122. The number of halogens is 2. The summed E-state index contributed by atoms with van der Waals surface area (Å²) in [5, 5.41) is 2.81. The molecule has 3 rings (SSSR count). The summed E-state index contributed by atoms with van der Waals surface area (Å²) in [7, 11) is 3.56. The van der Waals surface area contributed by atoms with Gasteiger partial charge in [-0.2, -0.15) is 0 Å². The topological polar surface area (TPSA) is 87.9 Å². The fraction of sp³-hybridized carbons (Fsp3) is 0.300. The minimum absolute atomic E-state index is 0. The number of likely N-dealkylation sites (N-methyl/N-ethyl adjacent to an activating group) is 1. The predicted octanol–water partition coefficient (Wildman–Crippen LogP) is 2.76. The van der Waals surface area contributed by atoms with Crippen LogP contribution in [0.5, 0.6) is 5.75 Å². The largest absolute Gasteiger partial charge is 0.495 e. The maximum Gasteiger partial charge on any atom is 0.255 e. The van der Waals surface area contributed by atoms with E-state index in [4.69, 9.17) is 10.5 Å². The maximum atomic E-state index is 12.8. The number of nitrogen functional groups attached to an aromatic ring is 1. The average molecular weight is 441 g/mol. The van der Waals surface area contributed by atoms with Gasteiger partial charge in [0.2, 0.25) is 0 Å². The lowest BCUT2D eigenvalue weighted by molar-refractivity contribution is 0.0664. The first-order chi connectivity index (χ1) is 13.0. The van der Waals surface area contributed by atoms with Crippen LogP contribution in [-0.4, -0.2) is 62.0 Å². The molecule has 1 aliphatic heterocycles. The summed E-state index contributed by atoms with van der Waals surface area (Å²) < 4.78 is 5.33. The molecule has 0 radical (unpaired) electrons. The number of nitrogens with one attached hydrogen (secondary N) is 1. The minimum atomic E-state index is -0.315. The van der Waals surface area contributed by atoms with E-state index in [0.717, 1.165) is 13.1 Å². The summed E-state index contributed by atoms with van der Waals surface area (Å²) >= 11 is 0. The SMILES string of the molecule is COc1ccc(C(=O)N2CCN(C)CC2)cc1NC(=O)c1cccc(N)c1.Cl.Cl. The van der Waals surface area contributed by atoms with Crippen LogP contribution < -0.4 is 15.8 Å². The highest BCUT2D eigenvalue weighted by molar-refractivity contribution is 6.06. The molecule has 7 nitrogen and oxygen atoms in total. The van der Waals surface area contributed by atoms with Gasteiger partial charge in [0.25, 0.3) is 11.8 Å². The van der Waals surface area contributed by atoms with Crippen molar-refractivity contribution in [2.24, 2.45) is 0 Å². The summed E-state index contributed by atoms with van der Waals surface area (Å²) in [5.41, 5.74) is 7.66. The zero-order valence-electron chi connectivity index (χ0n) is 16.4. The quantitative estimate of drug-likeness (QED) is 0.713. The molecule has 1 aliphatic rings. The number of ether oxygens (including phenoxy) is 1. The molecular weight excluding hydrogens is 415 g/mol. The Hall–Kier alpha value is -2.48. The Morgan fingerprint density at radius 1 is 1.00 bits per heavy atom. The summed E-state index contributed by atoms with van der Waals surface area (Å²) in [6.45, 7) is 3.07. The molecular formula is C20H26Cl2N4O3. The summed E-state index contributed by atoms with van der Waals surface area (Å²) in [6, 6.07) is 11.8. The van der Waals surface area contributed by atoms with Crippen molar-refractivity contribution in [3.8, 4) is 5.75 Å². The van der Waals surface area contributed by atoms with Gasteiger partial charge in [-0.1, -0.05) is 6.07 Å². The first kappa shape index (κ1) is 24.6. The zero-order chi connectivity index (χ0) is 19.4. The Morgan fingerprint density at radius 3 is 2.31 bits per heavy atom. The molecule has 0 spiro atoms. The number of rotatable bonds is 4. The summed E-state index contributed by atoms with van der Waals surface area (Å²) in [4.78, 5) is 29.3. The molecule has 158 valence electrons. The molecule has 29 heavy (non-hydrogen) atoms. The highest BCUT2D eigenvalue weighted by Crippen LogP contribution is 2.27. The van der Waals surface area contributed by atoms with E-state index in [0.29, 0.717) is 41.3 Å². The molecule has 2 aromatic carbocycles. The van der Waals surface area contributed by atoms with Crippen LogP contribution in [0.2, 0.25) is 0 Å². The first-order valence-electron chi connectivity index (χ1n) is 8.80. The molecule has 2 amide bonds. The predicted molar refractivity (Wildman–Crippen MR) is 120 cm³/mol. The Kier molecular flexibility index (Phi) is 9.23. The van der Waals surface area contributed by atoms with Crippen LogP contribution in [0.4, 0.5) is 11.4 Å². The molecule has 3 N–H and O–H groups in total. The number of benzene rings is 2. The molecule has 0 saturated carbocycles. The molecule has 0 bridgehead atoms. The molecule has 0 aliphatic carbocycles. The van der Waals surface area contributed by atoms with Gasteiger partial charge in [-0.15, -0.1) is 24.8 Å². The fourth-order valence-electron chi connectivity index (χ4n) is 3.01.